The highest BCUT2D eigenvalue weighted by molar-refractivity contribution is 7.92. The predicted molar refractivity (Wildman–Crippen MR) is 77.7 cm³/mol. The fourth-order valence-electron chi connectivity index (χ4n) is 1.93. The highest BCUT2D eigenvalue weighted by Crippen LogP contribution is 2.14. The lowest BCUT2D eigenvalue weighted by atomic mass is 10.1. The Morgan fingerprint density at radius 2 is 2.00 bits per heavy atom. The molecule has 20 heavy (non-hydrogen) atoms. The first-order chi connectivity index (χ1) is 9.35. The average Bonchev–Trinajstić information content (AvgIpc) is 2.74. The molecule has 1 aromatic carbocycles. The van der Waals surface area contributed by atoms with E-state index in [0.717, 1.165) is 6.26 Å². The molecular weight excluding hydrogens is 278 g/mol. The Bertz CT molecular complexity index is 623. The molecule has 2 rings (SSSR count). The van der Waals surface area contributed by atoms with Crippen molar-refractivity contribution in [1.29, 1.82) is 0 Å². The maximum Gasteiger partial charge on any atom is 0.229 e. The third-order valence-corrected chi connectivity index (χ3v) is 3.59. The fraction of sp³-hybridized carbons (Fsp3) is 0.308. The third kappa shape index (κ3) is 3.74. The molecule has 1 aliphatic heterocycles. The number of anilines is 1. The van der Waals surface area contributed by atoms with Crippen molar-refractivity contribution in [1.82, 2.24) is 10.2 Å². The monoisotopic (exact) mass is 295 g/mol. The molecule has 6 nitrogen and oxygen atoms in total. The second-order valence-electron chi connectivity index (χ2n) is 4.74. The maximum absolute atomic E-state index is 12.1. The van der Waals surface area contributed by atoms with Gasteiger partial charge in [0.05, 0.1) is 6.26 Å². The van der Waals surface area contributed by atoms with Crippen LogP contribution in [0.3, 0.4) is 0 Å². The number of hydrogen-bond donors (Lipinski definition) is 2. The van der Waals surface area contributed by atoms with Crippen molar-refractivity contribution >= 4 is 21.5 Å². The smallest absolute Gasteiger partial charge is 0.229 e. The number of Topliss-reactive ketones (excluding diaryl/α,β-unsaturated/α-hetero) is 1. The van der Waals surface area contributed by atoms with Gasteiger partial charge in [0.15, 0.2) is 5.78 Å². The van der Waals surface area contributed by atoms with E-state index in [2.05, 4.69) is 10.0 Å². The Balaban J connectivity index is 2.01. The molecule has 0 radical (unpaired) electrons. The summed E-state index contributed by atoms with van der Waals surface area (Å²) >= 11 is 0. The number of rotatable bonds is 5. The molecule has 0 aliphatic carbocycles. The summed E-state index contributed by atoms with van der Waals surface area (Å²) in [5.41, 5.74) is 1.01. The van der Waals surface area contributed by atoms with Crippen LogP contribution in [0, 0.1) is 0 Å². The lowest BCUT2D eigenvalue weighted by molar-refractivity contribution is 0.0949. The maximum atomic E-state index is 12.1. The van der Waals surface area contributed by atoms with Gasteiger partial charge in [0.2, 0.25) is 10.0 Å². The van der Waals surface area contributed by atoms with Crippen molar-refractivity contribution in [3.05, 3.63) is 42.2 Å². The number of nitrogens with one attached hydrogen (secondary N) is 2. The Hall–Kier alpha value is -2.02. The standard InChI is InChI=1S/C13H17N3O3S/c1-16-8-7-14-13(16)9-12(17)10-3-5-11(6-4-10)15-20(2,18)19/h3-8,13-15H,9H2,1-2H3. The zero-order chi connectivity index (χ0) is 14.8. The topological polar surface area (TPSA) is 78.5 Å². The van der Waals surface area contributed by atoms with Gasteiger partial charge in [0.1, 0.15) is 6.17 Å². The van der Waals surface area contributed by atoms with Crippen LogP contribution in [0.2, 0.25) is 0 Å². The summed E-state index contributed by atoms with van der Waals surface area (Å²) in [6, 6.07) is 6.41. The van der Waals surface area contributed by atoms with Crippen molar-refractivity contribution < 1.29 is 13.2 Å². The van der Waals surface area contributed by atoms with Crippen LogP contribution < -0.4 is 10.0 Å². The van der Waals surface area contributed by atoms with Crippen LogP contribution in [0.1, 0.15) is 16.8 Å². The van der Waals surface area contributed by atoms with Gasteiger partial charge in [-0.05, 0) is 24.3 Å². The van der Waals surface area contributed by atoms with E-state index in [1.165, 1.54) is 0 Å². The number of carbonyl (C=O) groups excluding carboxylic acids is 1. The minimum Gasteiger partial charge on any atom is -0.370 e. The normalized spacial score (nSPS) is 17.9. The van der Waals surface area contributed by atoms with Crippen LogP contribution in [-0.2, 0) is 10.0 Å². The Labute approximate surface area is 118 Å². The lowest BCUT2D eigenvalue weighted by Crippen LogP contribution is -2.34. The Morgan fingerprint density at radius 3 is 2.50 bits per heavy atom. The summed E-state index contributed by atoms with van der Waals surface area (Å²) in [7, 11) is -1.40. The van der Waals surface area contributed by atoms with Gasteiger partial charge in [-0.3, -0.25) is 9.52 Å². The van der Waals surface area contributed by atoms with E-state index in [4.69, 9.17) is 0 Å². The zero-order valence-electron chi connectivity index (χ0n) is 11.3. The average molecular weight is 295 g/mol. The highest BCUT2D eigenvalue weighted by atomic mass is 32.2. The summed E-state index contributed by atoms with van der Waals surface area (Å²) in [4.78, 5) is 14.0. The molecule has 0 spiro atoms. The molecule has 0 amide bonds. The number of nitrogens with zero attached hydrogens (tertiary/aromatic N) is 1. The van der Waals surface area contributed by atoms with Crippen molar-refractivity contribution in [3.63, 3.8) is 0 Å². The van der Waals surface area contributed by atoms with E-state index in [1.54, 1.807) is 30.5 Å². The van der Waals surface area contributed by atoms with E-state index in [-0.39, 0.29) is 11.9 Å². The van der Waals surface area contributed by atoms with Gasteiger partial charge in [0.25, 0.3) is 0 Å². The molecule has 108 valence electrons. The molecule has 1 aromatic rings. The zero-order valence-corrected chi connectivity index (χ0v) is 12.1. The van der Waals surface area contributed by atoms with E-state index < -0.39 is 10.0 Å². The summed E-state index contributed by atoms with van der Waals surface area (Å²) < 4.78 is 24.5. The summed E-state index contributed by atoms with van der Waals surface area (Å²) in [5, 5.41) is 3.08. The quantitative estimate of drug-likeness (QED) is 0.791. The SMILES string of the molecule is CN1C=CNC1CC(=O)c1ccc(NS(C)(=O)=O)cc1. The fourth-order valence-corrected chi connectivity index (χ4v) is 2.49. The van der Waals surface area contributed by atoms with Gasteiger partial charge >= 0.3 is 0 Å². The third-order valence-electron chi connectivity index (χ3n) is 2.98. The van der Waals surface area contributed by atoms with Crippen molar-refractivity contribution in [2.75, 3.05) is 18.0 Å². The van der Waals surface area contributed by atoms with Gasteiger partial charge in [-0.25, -0.2) is 8.42 Å². The van der Waals surface area contributed by atoms with Gasteiger partial charge in [-0.2, -0.15) is 0 Å². The van der Waals surface area contributed by atoms with Gasteiger partial charge in [0, 0.05) is 37.1 Å². The van der Waals surface area contributed by atoms with E-state index in [0.29, 0.717) is 17.7 Å². The van der Waals surface area contributed by atoms with Gasteiger partial charge in [-0.15, -0.1) is 0 Å². The minimum atomic E-state index is -3.30. The molecule has 7 heteroatoms. The molecule has 1 heterocycles. The predicted octanol–water partition coefficient (Wildman–Crippen LogP) is 0.963. The Kier molecular flexibility index (Phi) is 3.99. The number of carbonyl (C=O) groups is 1. The van der Waals surface area contributed by atoms with E-state index in [9.17, 15) is 13.2 Å². The highest BCUT2D eigenvalue weighted by Gasteiger charge is 2.19. The first kappa shape index (κ1) is 14.4. The summed E-state index contributed by atoms with van der Waals surface area (Å²) in [5.74, 6) is 0.00366. The number of benzene rings is 1. The van der Waals surface area contributed by atoms with Crippen LogP contribution in [0.15, 0.2) is 36.7 Å². The van der Waals surface area contributed by atoms with E-state index in [1.807, 2.05) is 18.1 Å². The molecule has 2 N–H and O–H groups in total. The van der Waals surface area contributed by atoms with Gasteiger partial charge in [-0.1, -0.05) is 0 Å². The molecule has 1 atom stereocenters. The largest absolute Gasteiger partial charge is 0.370 e. The van der Waals surface area contributed by atoms with Crippen LogP contribution in [0.5, 0.6) is 0 Å². The van der Waals surface area contributed by atoms with E-state index >= 15 is 0 Å². The molecule has 0 saturated carbocycles. The second kappa shape index (κ2) is 5.54. The van der Waals surface area contributed by atoms with Crippen molar-refractivity contribution in [2.45, 2.75) is 12.6 Å². The van der Waals surface area contributed by atoms with Crippen molar-refractivity contribution in [3.8, 4) is 0 Å². The summed E-state index contributed by atoms with van der Waals surface area (Å²) in [6.45, 7) is 0. The molecule has 0 bridgehead atoms. The Morgan fingerprint density at radius 1 is 1.35 bits per heavy atom. The first-order valence-electron chi connectivity index (χ1n) is 6.11. The molecular formula is C13H17N3O3S. The lowest BCUT2D eigenvalue weighted by Gasteiger charge is -2.20. The van der Waals surface area contributed by atoms with Gasteiger partial charge < -0.3 is 10.2 Å². The van der Waals surface area contributed by atoms with Crippen LogP contribution in [0.25, 0.3) is 0 Å². The minimum absolute atomic E-state index is 0.00366. The second-order valence-corrected chi connectivity index (χ2v) is 6.49. The molecule has 1 unspecified atom stereocenters. The number of ketones is 1. The molecule has 0 saturated heterocycles. The van der Waals surface area contributed by atoms with Crippen LogP contribution in [-0.4, -0.2) is 38.6 Å². The summed E-state index contributed by atoms with van der Waals surface area (Å²) in [6.07, 6.45) is 5.08. The molecule has 0 aromatic heterocycles. The molecule has 1 aliphatic rings. The van der Waals surface area contributed by atoms with Crippen LogP contribution in [0.4, 0.5) is 5.69 Å². The molecule has 0 fully saturated rings. The number of hydrogen-bond acceptors (Lipinski definition) is 5. The first-order valence-corrected chi connectivity index (χ1v) is 8.00. The number of sulfonamides is 1. The van der Waals surface area contributed by atoms with Crippen molar-refractivity contribution in [2.24, 2.45) is 0 Å². The van der Waals surface area contributed by atoms with Crippen LogP contribution >= 0.6 is 0 Å².